The summed E-state index contributed by atoms with van der Waals surface area (Å²) in [6.45, 7) is 7.86. The number of para-hydroxylation sites is 1. The standard InChI is InChI=1S/C25H34N4O2/c1-19(2)15-24(30)29-14-10-6-4-5-9-13-28(17-21-11-7-8-12-23(21)29)25(31)22-16-26-18-27-20(22)3/h7-8,11-12,16,18-19H,4-6,9-10,13-15,17H2,1-3H3. The van der Waals surface area contributed by atoms with Gasteiger partial charge < -0.3 is 9.80 Å². The highest BCUT2D eigenvalue weighted by Gasteiger charge is 2.24. The predicted octanol–water partition coefficient (Wildman–Crippen LogP) is 4.77. The predicted molar refractivity (Wildman–Crippen MR) is 123 cm³/mol. The molecule has 6 nitrogen and oxygen atoms in total. The first kappa shape index (κ1) is 22.9. The highest BCUT2D eigenvalue weighted by Crippen LogP contribution is 2.26. The molecule has 1 aromatic carbocycles. The van der Waals surface area contributed by atoms with Crippen LogP contribution in [0, 0.1) is 12.8 Å². The summed E-state index contributed by atoms with van der Waals surface area (Å²) in [7, 11) is 0. The molecule has 0 aliphatic carbocycles. The minimum atomic E-state index is -0.0509. The van der Waals surface area contributed by atoms with Crippen molar-refractivity contribution in [3.8, 4) is 0 Å². The smallest absolute Gasteiger partial charge is 0.257 e. The maximum absolute atomic E-state index is 13.4. The molecule has 0 N–H and O–H groups in total. The summed E-state index contributed by atoms with van der Waals surface area (Å²) in [5.41, 5.74) is 3.16. The summed E-state index contributed by atoms with van der Waals surface area (Å²) in [5, 5.41) is 0. The number of hydrogen-bond acceptors (Lipinski definition) is 4. The van der Waals surface area contributed by atoms with Gasteiger partial charge in [0.1, 0.15) is 6.33 Å². The van der Waals surface area contributed by atoms with E-state index in [2.05, 4.69) is 23.8 Å². The first-order valence-corrected chi connectivity index (χ1v) is 11.4. The Bertz CT molecular complexity index is 897. The van der Waals surface area contributed by atoms with E-state index in [9.17, 15) is 9.59 Å². The molecule has 0 fully saturated rings. The van der Waals surface area contributed by atoms with Gasteiger partial charge in [-0.2, -0.15) is 0 Å². The average Bonchev–Trinajstić information content (AvgIpc) is 2.73. The maximum Gasteiger partial charge on any atom is 0.257 e. The van der Waals surface area contributed by atoms with E-state index in [1.54, 1.807) is 6.20 Å². The molecule has 0 atom stereocenters. The van der Waals surface area contributed by atoms with E-state index in [4.69, 9.17) is 0 Å². The van der Waals surface area contributed by atoms with Crippen molar-refractivity contribution in [1.82, 2.24) is 14.9 Å². The number of aryl methyl sites for hydroxylation is 1. The second-order valence-electron chi connectivity index (χ2n) is 8.79. The first-order valence-electron chi connectivity index (χ1n) is 11.4. The van der Waals surface area contributed by atoms with Crippen LogP contribution < -0.4 is 4.90 Å². The lowest BCUT2D eigenvalue weighted by molar-refractivity contribution is -0.119. The Kier molecular flexibility index (Phi) is 8.15. The molecule has 6 heteroatoms. The third-order valence-electron chi connectivity index (χ3n) is 5.77. The highest BCUT2D eigenvalue weighted by atomic mass is 16.2. The van der Waals surface area contributed by atoms with Crippen molar-refractivity contribution in [2.24, 2.45) is 5.92 Å². The van der Waals surface area contributed by atoms with Crippen molar-refractivity contribution in [2.45, 2.75) is 65.8 Å². The molecule has 1 aliphatic heterocycles. The largest absolute Gasteiger partial charge is 0.334 e. The van der Waals surface area contributed by atoms with Gasteiger partial charge in [0.2, 0.25) is 5.91 Å². The van der Waals surface area contributed by atoms with Crippen molar-refractivity contribution >= 4 is 17.5 Å². The van der Waals surface area contributed by atoms with Gasteiger partial charge in [0, 0.05) is 37.9 Å². The molecule has 0 unspecified atom stereocenters. The summed E-state index contributed by atoms with van der Waals surface area (Å²) < 4.78 is 0. The normalized spacial score (nSPS) is 15.7. The Balaban J connectivity index is 1.95. The Labute approximate surface area is 185 Å². The van der Waals surface area contributed by atoms with E-state index in [-0.39, 0.29) is 11.8 Å². The van der Waals surface area contributed by atoms with E-state index >= 15 is 0 Å². The molecule has 2 amide bonds. The summed E-state index contributed by atoms with van der Waals surface area (Å²) in [4.78, 5) is 38.6. The number of benzene rings is 1. The zero-order valence-electron chi connectivity index (χ0n) is 19.0. The van der Waals surface area contributed by atoms with Crippen LogP contribution in [0.2, 0.25) is 0 Å². The minimum absolute atomic E-state index is 0.0509. The van der Waals surface area contributed by atoms with Gasteiger partial charge in [0.05, 0.1) is 11.3 Å². The van der Waals surface area contributed by atoms with Gasteiger partial charge in [-0.15, -0.1) is 0 Å². The summed E-state index contributed by atoms with van der Waals surface area (Å²) >= 11 is 0. The second-order valence-corrected chi connectivity index (χ2v) is 8.79. The molecular weight excluding hydrogens is 388 g/mol. The molecule has 3 rings (SSSR count). The van der Waals surface area contributed by atoms with Crippen molar-refractivity contribution in [2.75, 3.05) is 18.0 Å². The number of nitrogens with zero attached hydrogens (tertiary/aromatic N) is 4. The number of fused-ring (bicyclic) bond motifs is 1. The molecule has 0 bridgehead atoms. The van der Waals surface area contributed by atoms with Crippen molar-refractivity contribution in [3.05, 3.63) is 53.6 Å². The van der Waals surface area contributed by atoms with Gasteiger partial charge >= 0.3 is 0 Å². The lowest BCUT2D eigenvalue weighted by Gasteiger charge is -2.30. The molecule has 0 spiro atoms. The van der Waals surface area contributed by atoms with E-state index in [1.807, 2.05) is 41.0 Å². The van der Waals surface area contributed by atoms with Crippen LogP contribution in [0.3, 0.4) is 0 Å². The molecule has 1 aliphatic rings. The lowest BCUT2D eigenvalue weighted by atomic mass is 10.0. The van der Waals surface area contributed by atoms with Crippen molar-refractivity contribution in [1.29, 1.82) is 0 Å². The molecule has 166 valence electrons. The van der Waals surface area contributed by atoms with Gasteiger partial charge in [-0.25, -0.2) is 9.97 Å². The molecular formula is C25H34N4O2. The highest BCUT2D eigenvalue weighted by molar-refractivity contribution is 5.96. The number of amides is 2. The molecule has 2 heterocycles. The van der Waals surface area contributed by atoms with Crippen molar-refractivity contribution in [3.63, 3.8) is 0 Å². The van der Waals surface area contributed by atoms with E-state index in [0.29, 0.717) is 36.7 Å². The van der Waals surface area contributed by atoms with Gasteiger partial charge in [-0.05, 0) is 37.3 Å². The maximum atomic E-state index is 13.4. The number of carbonyl (C=O) groups excluding carboxylic acids is 2. The number of aromatic nitrogens is 2. The third kappa shape index (κ3) is 6.12. The lowest BCUT2D eigenvalue weighted by Crippen LogP contribution is -2.36. The number of rotatable bonds is 3. The number of hydrogen-bond donors (Lipinski definition) is 0. The zero-order chi connectivity index (χ0) is 22.2. The Morgan fingerprint density at radius 1 is 1.03 bits per heavy atom. The van der Waals surface area contributed by atoms with Crippen LogP contribution in [0.4, 0.5) is 5.69 Å². The second kappa shape index (κ2) is 11.0. The van der Waals surface area contributed by atoms with Crippen LogP contribution in [0.5, 0.6) is 0 Å². The van der Waals surface area contributed by atoms with Gasteiger partial charge in [0.15, 0.2) is 0 Å². The van der Waals surface area contributed by atoms with Gasteiger partial charge in [0.25, 0.3) is 5.91 Å². The number of anilines is 1. The quantitative estimate of drug-likeness (QED) is 0.715. The fourth-order valence-corrected chi connectivity index (χ4v) is 4.08. The molecule has 0 radical (unpaired) electrons. The molecule has 2 aromatic rings. The minimum Gasteiger partial charge on any atom is -0.334 e. The Hall–Kier alpha value is -2.76. The first-order chi connectivity index (χ1) is 15.0. The molecule has 1 aromatic heterocycles. The van der Waals surface area contributed by atoms with E-state index in [0.717, 1.165) is 49.9 Å². The summed E-state index contributed by atoms with van der Waals surface area (Å²) in [6, 6.07) is 8.00. The van der Waals surface area contributed by atoms with Crippen LogP contribution in [-0.4, -0.2) is 39.8 Å². The van der Waals surface area contributed by atoms with Gasteiger partial charge in [-0.3, -0.25) is 9.59 Å². The van der Waals surface area contributed by atoms with E-state index < -0.39 is 0 Å². The summed E-state index contributed by atoms with van der Waals surface area (Å²) in [5.74, 6) is 0.412. The van der Waals surface area contributed by atoms with Crippen LogP contribution in [0.1, 0.15) is 74.0 Å². The molecule has 31 heavy (non-hydrogen) atoms. The molecule has 0 saturated carbocycles. The van der Waals surface area contributed by atoms with E-state index in [1.165, 1.54) is 6.33 Å². The average molecular weight is 423 g/mol. The third-order valence-corrected chi connectivity index (χ3v) is 5.77. The zero-order valence-corrected chi connectivity index (χ0v) is 19.0. The van der Waals surface area contributed by atoms with Crippen LogP contribution >= 0.6 is 0 Å². The van der Waals surface area contributed by atoms with Crippen LogP contribution in [0.15, 0.2) is 36.8 Å². The fraction of sp³-hybridized carbons (Fsp3) is 0.520. The van der Waals surface area contributed by atoms with Crippen LogP contribution in [0.25, 0.3) is 0 Å². The Morgan fingerprint density at radius 2 is 1.74 bits per heavy atom. The topological polar surface area (TPSA) is 66.4 Å². The molecule has 0 saturated heterocycles. The van der Waals surface area contributed by atoms with Crippen molar-refractivity contribution < 1.29 is 9.59 Å². The Morgan fingerprint density at radius 3 is 2.48 bits per heavy atom. The monoisotopic (exact) mass is 422 g/mol. The van der Waals surface area contributed by atoms with Crippen LogP contribution in [-0.2, 0) is 11.3 Å². The summed E-state index contributed by atoms with van der Waals surface area (Å²) in [6.07, 6.45) is 8.85. The van der Waals surface area contributed by atoms with Gasteiger partial charge in [-0.1, -0.05) is 51.3 Å². The fourth-order valence-electron chi connectivity index (χ4n) is 4.08. The number of carbonyl (C=O) groups is 2. The SMILES string of the molecule is Cc1ncncc1C(=O)N1CCCCCCCN(C(=O)CC(C)C)c2ccccc2C1.